The zero-order valence-electron chi connectivity index (χ0n) is 18.0. The third kappa shape index (κ3) is 4.36. The minimum atomic E-state index is 0.111. The van der Waals surface area contributed by atoms with Gasteiger partial charge in [0, 0.05) is 41.8 Å². The van der Waals surface area contributed by atoms with Gasteiger partial charge in [-0.3, -0.25) is 4.90 Å². The molecule has 0 N–H and O–H groups in total. The van der Waals surface area contributed by atoms with Crippen LogP contribution in [-0.4, -0.2) is 51.3 Å². The molecule has 0 radical (unpaired) electrons. The van der Waals surface area contributed by atoms with Crippen molar-refractivity contribution in [2.75, 3.05) is 31.1 Å². The molecule has 8 heteroatoms. The van der Waals surface area contributed by atoms with Gasteiger partial charge in [0.25, 0.3) is 0 Å². The highest BCUT2D eigenvalue weighted by molar-refractivity contribution is 7.10. The summed E-state index contributed by atoms with van der Waals surface area (Å²) in [4.78, 5) is 6.32. The molecule has 0 bridgehead atoms. The van der Waals surface area contributed by atoms with Crippen LogP contribution in [0.1, 0.15) is 60.5 Å². The fraction of sp³-hybridized carbons (Fsp3) is 0.522. The van der Waals surface area contributed by atoms with E-state index in [-0.39, 0.29) is 6.04 Å². The third-order valence-electron chi connectivity index (χ3n) is 6.69. The van der Waals surface area contributed by atoms with Crippen LogP contribution in [0, 0.1) is 6.92 Å². The molecule has 1 saturated heterocycles. The molecule has 0 amide bonds. The van der Waals surface area contributed by atoms with Crippen molar-refractivity contribution in [1.82, 2.24) is 25.1 Å². The Kier molecular flexibility index (Phi) is 6.25. The largest absolute Gasteiger partial charge is 0.369 e. The summed E-state index contributed by atoms with van der Waals surface area (Å²) in [6, 6.07) is 11.1. The SMILES string of the molecule is Cc1ccc(Cl)cc1N1CCN([C@H](c2cccs2)c2nnnn2C2CCCCC2)CC1. The highest BCUT2D eigenvalue weighted by Gasteiger charge is 2.33. The molecule has 164 valence electrons. The highest BCUT2D eigenvalue weighted by Crippen LogP contribution is 2.36. The number of aryl methyl sites for hydroxylation is 1. The van der Waals surface area contributed by atoms with Crippen molar-refractivity contribution in [3.63, 3.8) is 0 Å². The molecular weight excluding hydrogens is 428 g/mol. The van der Waals surface area contributed by atoms with Gasteiger partial charge >= 0.3 is 0 Å². The van der Waals surface area contributed by atoms with Crippen molar-refractivity contribution < 1.29 is 0 Å². The van der Waals surface area contributed by atoms with Gasteiger partial charge in [-0.2, -0.15) is 0 Å². The number of aromatic nitrogens is 4. The molecule has 5 rings (SSSR count). The summed E-state index contributed by atoms with van der Waals surface area (Å²) in [6.07, 6.45) is 6.22. The average molecular weight is 457 g/mol. The van der Waals surface area contributed by atoms with Crippen LogP contribution >= 0.6 is 22.9 Å². The molecule has 3 aromatic rings. The van der Waals surface area contributed by atoms with Crippen LogP contribution in [0.2, 0.25) is 5.02 Å². The molecule has 1 aliphatic carbocycles. The lowest BCUT2D eigenvalue weighted by Gasteiger charge is -2.40. The molecule has 2 fully saturated rings. The summed E-state index contributed by atoms with van der Waals surface area (Å²) >= 11 is 8.08. The molecule has 6 nitrogen and oxygen atoms in total. The molecule has 1 saturated carbocycles. The van der Waals surface area contributed by atoms with Gasteiger partial charge in [-0.25, -0.2) is 4.68 Å². The number of rotatable bonds is 5. The fourth-order valence-corrected chi connectivity index (χ4v) is 6.05. The second-order valence-corrected chi connectivity index (χ2v) is 10.1. The van der Waals surface area contributed by atoms with Crippen molar-refractivity contribution in [2.24, 2.45) is 0 Å². The molecule has 2 aromatic heterocycles. The molecule has 2 aliphatic rings. The van der Waals surface area contributed by atoms with Gasteiger partial charge in [-0.1, -0.05) is 43.0 Å². The van der Waals surface area contributed by atoms with E-state index in [2.05, 4.69) is 66.6 Å². The molecule has 0 spiro atoms. The Morgan fingerprint density at radius 2 is 1.87 bits per heavy atom. The Hall–Kier alpha value is -1.96. The average Bonchev–Trinajstić information content (AvgIpc) is 3.50. The number of piperazine rings is 1. The van der Waals surface area contributed by atoms with Crippen molar-refractivity contribution in [3.05, 3.63) is 57.0 Å². The van der Waals surface area contributed by atoms with Crippen molar-refractivity contribution in [3.8, 4) is 0 Å². The van der Waals surface area contributed by atoms with Gasteiger partial charge in [0.1, 0.15) is 6.04 Å². The van der Waals surface area contributed by atoms with E-state index < -0.39 is 0 Å². The Labute approximate surface area is 192 Å². The first-order chi connectivity index (χ1) is 15.2. The zero-order valence-corrected chi connectivity index (χ0v) is 19.5. The third-order valence-corrected chi connectivity index (χ3v) is 7.85. The fourth-order valence-electron chi connectivity index (χ4n) is 5.03. The van der Waals surface area contributed by atoms with Crippen LogP contribution < -0.4 is 4.90 Å². The first-order valence-electron chi connectivity index (χ1n) is 11.3. The number of thiophene rings is 1. The second-order valence-electron chi connectivity index (χ2n) is 8.65. The van der Waals surface area contributed by atoms with E-state index >= 15 is 0 Å². The Bertz CT molecular complexity index is 989. The quantitative estimate of drug-likeness (QED) is 0.533. The molecule has 3 heterocycles. The molecule has 0 unspecified atom stereocenters. The second kappa shape index (κ2) is 9.27. The zero-order chi connectivity index (χ0) is 21.2. The van der Waals surface area contributed by atoms with E-state index in [1.165, 1.54) is 48.2 Å². The number of hydrogen-bond donors (Lipinski definition) is 0. The molecular formula is C23H29ClN6S. The minimum Gasteiger partial charge on any atom is -0.369 e. The summed E-state index contributed by atoms with van der Waals surface area (Å²) in [6.45, 7) is 6.02. The highest BCUT2D eigenvalue weighted by atomic mass is 35.5. The smallest absolute Gasteiger partial charge is 0.174 e. The lowest BCUT2D eigenvalue weighted by Crippen LogP contribution is -2.48. The van der Waals surface area contributed by atoms with E-state index in [4.69, 9.17) is 11.6 Å². The van der Waals surface area contributed by atoms with Crippen LogP contribution in [0.5, 0.6) is 0 Å². The van der Waals surface area contributed by atoms with Gasteiger partial charge in [0.2, 0.25) is 0 Å². The Morgan fingerprint density at radius 3 is 2.61 bits per heavy atom. The Balaban J connectivity index is 1.39. The van der Waals surface area contributed by atoms with Crippen LogP contribution in [0.4, 0.5) is 5.69 Å². The topological polar surface area (TPSA) is 50.1 Å². The maximum Gasteiger partial charge on any atom is 0.174 e. The summed E-state index contributed by atoms with van der Waals surface area (Å²) in [5.74, 6) is 1.00. The molecule has 1 aliphatic heterocycles. The summed E-state index contributed by atoms with van der Waals surface area (Å²) in [5, 5.41) is 16.1. The summed E-state index contributed by atoms with van der Waals surface area (Å²) in [5.41, 5.74) is 2.51. The van der Waals surface area contributed by atoms with Crippen molar-refractivity contribution in [1.29, 1.82) is 0 Å². The predicted molar refractivity (Wildman–Crippen MR) is 126 cm³/mol. The van der Waals surface area contributed by atoms with Crippen molar-refractivity contribution >= 4 is 28.6 Å². The number of benzene rings is 1. The van der Waals surface area contributed by atoms with Crippen LogP contribution in [0.3, 0.4) is 0 Å². The van der Waals surface area contributed by atoms with E-state index in [0.29, 0.717) is 6.04 Å². The van der Waals surface area contributed by atoms with E-state index in [1.54, 1.807) is 11.3 Å². The predicted octanol–water partition coefficient (Wildman–Crippen LogP) is 5.11. The van der Waals surface area contributed by atoms with Gasteiger partial charge in [-0.05, 0) is 59.3 Å². The normalized spacial score (nSPS) is 19.6. The van der Waals surface area contributed by atoms with Crippen LogP contribution in [0.15, 0.2) is 35.7 Å². The Morgan fingerprint density at radius 1 is 1.06 bits per heavy atom. The number of hydrogen-bond acceptors (Lipinski definition) is 6. The lowest BCUT2D eigenvalue weighted by molar-refractivity contribution is 0.196. The van der Waals surface area contributed by atoms with Gasteiger partial charge in [0.05, 0.1) is 6.04 Å². The van der Waals surface area contributed by atoms with Crippen LogP contribution in [0.25, 0.3) is 0 Å². The van der Waals surface area contributed by atoms with Gasteiger partial charge in [0.15, 0.2) is 5.82 Å². The first kappa shape index (κ1) is 20.9. The summed E-state index contributed by atoms with van der Waals surface area (Å²) < 4.78 is 2.14. The standard InChI is InChI=1S/C23H29ClN6S/c1-17-9-10-18(24)16-20(17)28-11-13-29(14-12-28)22(21-8-5-15-31-21)23-25-26-27-30(23)19-6-3-2-4-7-19/h5,8-10,15-16,19,22H,2-4,6-7,11-14H2,1H3/t22-/m1/s1. The molecule has 1 aromatic carbocycles. The van der Waals surface area contributed by atoms with Crippen molar-refractivity contribution in [2.45, 2.75) is 51.1 Å². The number of halogens is 1. The maximum absolute atomic E-state index is 6.28. The molecule has 31 heavy (non-hydrogen) atoms. The van der Waals surface area contributed by atoms with Crippen LogP contribution in [-0.2, 0) is 0 Å². The minimum absolute atomic E-state index is 0.111. The summed E-state index contributed by atoms with van der Waals surface area (Å²) in [7, 11) is 0. The van der Waals surface area contributed by atoms with E-state index in [0.717, 1.165) is 37.0 Å². The van der Waals surface area contributed by atoms with E-state index in [9.17, 15) is 0 Å². The van der Waals surface area contributed by atoms with Gasteiger partial charge in [-0.15, -0.1) is 16.4 Å². The van der Waals surface area contributed by atoms with Gasteiger partial charge < -0.3 is 4.90 Å². The maximum atomic E-state index is 6.28. The molecule has 1 atom stereocenters. The number of nitrogens with zero attached hydrogens (tertiary/aromatic N) is 6. The lowest BCUT2D eigenvalue weighted by atomic mass is 9.95. The monoisotopic (exact) mass is 456 g/mol. The number of anilines is 1. The van der Waals surface area contributed by atoms with E-state index in [1.807, 2.05) is 6.07 Å². The first-order valence-corrected chi connectivity index (χ1v) is 12.5. The number of tetrazole rings is 1.